The molecule has 6 heteroatoms. The molecule has 1 fully saturated rings. The van der Waals surface area contributed by atoms with Gasteiger partial charge in [0.2, 0.25) is 5.91 Å². The average Bonchev–Trinajstić information content (AvgIpc) is 3.33. The minimum atomic E-state index is -0.172. The Morgan fingerprint density at radius 2 is 2.06 bits per heavy atom. The summed E-state index contributed by atoms with van der Waals surface area (Å²) < 4.78 is 13.1. The number of carbonyl (C=O) groups excluding carboxylic acids is 2. The maximum atomic E-state index is 13.0. The summed E-state index contributed by atoms with van der Waals surface area (Å²) in [5.41, 5.74) is 2.98. The average molecular weight is 436 g/mol. The summed E-state index contributed by atoms with van der Waals surface area (Å²) >= 11 is 1.71. The van der Waals surface area contributed by atoms with Gasteiger partial charge in [-0.15, -0.1) is 11.3 Å². The molecule has 1 atom stereocenters. The minimum Gasteiger partial charge on any atom is -0.491 e. The highest BCUT2D eigenvalue weighted by molar-refractivity contribution is 7.19. The molecule has 0 radical (unpaired) electrons. The third-order valence-electron chi connectivity index (χ3n) is 6.21. The molecule has 5 nitrogen and oxygen atoms in total. The molecule has 2 aliphatic rings. The summed E-state index contributed by atoms with van der Waals surface area (Å²) in [6.07, 6.45) is 1.53. The number of Topliss-reactive ketones (excluding diaryl/α,β-unsaturated/α-hetero) is 1. The normalized spacial score (nSPS) is 18.4. The Kier molecular flexibility index (Phi) is 5.50. The van der Waals surface area contributed by atoms with Crippen LogP contribution in [0.3, 0.4) is 0 Å². The van der Waals surface area contributed by atoms with E-state index in [9.17, 15) is 9.59 Å². The molecule has 31 heavy (non-hydrogen) atoms. The van der Waals surface area contributed by atoms with E-state index in [1.165, 1.54) is 15.6 Å². The van der Waals surface area contributed by atoms with Crippen LogP contribution in [0.15, 0.2) is 42.5 Å². The first-order chi connectivity index (χ1) is 15.1. The van der Waals surface area contributed by atoms with E-state index in [0.717, 1.165) is 28.2 Å². The van der Waals surface area contributed by atoms with Gasteiger partial charge < -0.3 is 14.4 Å². The molecule has 0 spiro atoms. The lowest BCUT2D eigenvalue weighted by Gasteiger charge is -2.33. The molecule has 1 aliphatic heterocycles. The van der Waals surface area contributed by atoms with Crippen molar-refractivity contribution in [3.8, 4) is 5.75 Å². The zero-order chi connectivity index (χ0) is 21.4. The van der Waals surface area contributed by atoms with Crippen LogP contribution in [0.1, 0.15) is 32.8 Å². The van der Waals surface area contributed by atoms with Crippen LogP contribution in [0.4, 0.5) is 0 Å². The Labute approximate surface area is 185 Å². The third kappa shape index (κ3) is 3.98. The van der Waals surface area contributed by atoms with Gasteiger partial charge in [0.25, 0.3) is 0 Å². The number of amides is 1. The minimum absolute atomic E-state index is 0.133. The third-order valence-corrected chi connectivity index (χ3v) is 7.48. The Morgan fingerprint density at radius 1 is 1.19 bits per heavy atom. The molecule has 160 valence electrons. The fourth-order valence-corrected chi connectivity index (χ4v) is 5.67. The van der Waals surface area contributed by atoms with E-state index in [1.54, 1.807) is 11.3 Å². The molecule has 1 aromatic heterocycles. The van der Waals surface area contributed by atoms with Crippen molar-refractivity contribution in [1.82, 2.24) is 4.90 Å². The molecule has 2 heterocycles. The Bertz CT molecular complexity index is 1150. The van der Waals surface area contributed by atoms with Crippen LogP contribution in [0.25, 0.3) is 10.1 Å². The second-order valence-corrected chi connectivity index (χ2v) is 9.31. The molecule has 3 aromatic rings. The molecule has 0 saturated carbocycles. The number of thiophene rings is 1. The number of morpholine rings is 1. The van der Waals surface area contributed by atoms with Crippen molar-refractivity contribution in [1.29, 1.82) is 0 Å². The fraction of sp³-hybridized carbons (Fsp3) is 0.360. The first-order valence-corrected chi connectivity index (χ1v) is 11.6. The number of fused-ring (bicyclic) bond motifs is 2. The molecule has 1 aliphatic carbocycles. The predicted molar refractivity (Wildman–Crippen MR) is 121 cm³/mol. The van der Waals surface area contributed by atoms with Gasteiger partial charge in [0, 0.05) is 33.7 Å². The lowest BCUT2D eigenvalue weighted by Crippen LogP contribution is -2.48. The van der Waals surface area contributed by atoms with Gasteiger partial charge in [0.05, 0.1) is 19.6 Å². The molecule has 1 amide bonds. The zero-order valence-corrected chi connectivity index (χ0v) is 18.4. The van der Waals surface area contributed by atoms with Crippen LogP contribution in [-0.2, 0) is 22.4 Å². The van der Waals surface area contributed by atoms with E-state index in [-0.39, 0.29) is 17.8 Å². The first-order valence-electron chi connectivity index (χ1n) is 10.7. The largest absolute Gasteiger partial charge is 0.491 e. The summed E-state index contributed by atoms with van der Waals surface area (Å²) in [5, 5.41) is 1.23. The van der Waals surface area contributed by atoms with Gasteiger partial charge in [-0.25, -0.2) is 0 Å². The van der Waals surface area contributed by atoms with E-state index in [2.05, 4.69) is 19.1 Å². The second kappa shape index (κ2) is 8.44. The lowest BCUT2D eigenvalue weighted by molar-refractivity contribution is -0.139. The summed E-state index contributed by atoms with van der Waals surface area (Å²) in [6.45, 7) is 4.11. The van der Waals surface area contributed by atoms with Gasteiger partial charge in [0.1, 0.15) is 18.5 Å². The second-order valence-electron chi connectivity index (χ2n) is 8.17. The number of aryl methyl sites for hydroxylation is 1. The molecule has 1 unspecified atom stereocenters. The monoisotopic (exact) mass is 435 g/mol. The molecular formula is C25H25NO4S. The lowest BCUT2D eigenvalue weighted by atomic mass is 10.1. The number of benzene rings is 2. The fourth-order valence-electron chi connectivity index (χ4n) is 4.47. The number of hydrogen-bond donors (Lipinski definition) is 0. The smallest absolute Gasteiger partial charge is 0.228 e. The van der Waals surface area contributed by atoms with E-state index in [0.29, 0.717) is 39.1 Å². The molecule has 2 aromatic carbocycles. The van der Waals surface area contributed by atoms with Gasteiger partial charge in [-0.2, -0.15) is 0 Å². The topological polar surface area (TPSA) is 55.8 Å². The number of ketones is 1. The van der Waals surface area contributed by atoms with Crippen molar-refractivity contribution in [2.24, 2.45) is 0 Å². The highest BCUT2D eigenvalue weighted by Gasteiger charge is 2.27. The quantitative estimate of drug-likeness (QED) is 0.603. The van der Waals surface area contributed by atoms with Gasteiger partial charge in [-0.05, 0) is 36.4 Å². The number of ether oxygens (including phenoxy) is 2. The predicted octanol–water partition coefficient (Wildman–Crippen LogP) is 4.19. The van der Waals surface area contributed by atoms with Crippen molar-refractivity contribution in [3.05, 3.63) is 64.0 Å². The highest BCUT2D eigenvalue weighted by Crippen LogP contribution is 2.32. The summed E-state index contributed by atoms with van der Waals surface area (Å²) in [7, 11) is 0. The van der Waals surface area contributed by atoms with Gasteiger partial charge in [-0.3, -0.25) is 9.59 Å². The zero-order valence-electron chi connectivity index (χ0n) is 17.6. The van der Waals surface area contributed by atoms with Crippen molar-refractivity contribution in [3.63, 3.8) is 0 Å². The Hall–Kier alpha value is -2.70. The van der Waals surface area contributed by atoms with Gasteiger partial charge >= 0.3 is 0 Å². The Balaban J connectivity index is 1.22. The molecule has 0 N–H and O–H groups in total. The van der Waals surface area contributed by atoms with E-state index in [1.807, 2.05) is 35.2 Å². The maximum Gasteiger partial charge on any atom is 0.228 e. The van der Waals surface area contributed by atoms with Crippen LogP contribution in [-0.4, -0.2) is 49.0 Å². The number of hydrogen-bond acceptors (Lipinski definition) is 5. The van der Waals surface area contributed by atoms with E-state index >= 15 is 0 Å². The molecular weight excluding hydrogens is 410 g/mol. The van der Waals surface area contributed by atoms with Crippen LogP contribution >= 0.6 is 11.3 Å². The van der Waals surface area contributed by atoms with Crippen molar-refractivity contribution in [2.45, 2.75) is 32.3 Å². The van der Waals surface area contributed by atoms with Crippen LogP contribution in [0.2, 0.25) is 0 Å². The molecule has 1 saturated heterocycles. The van der Waals surface area contributed by atoms with Crippen LogP contribution in [0.5, 0.6) is 5.75 Å². The summed E-state index contributed by atoms with van der Waals surface area (Å²) in [5.74, 6) is 1.08. The van der Waals surface area contributed by atoms with Crippen molar-refractivity contribution >= 4 is 33.1 Å². The SMILES string of the molecule is Cc1c(CC(=O)N2CCOC(COc3cccc4c3CCC4=O)C2)sc2ccccc12. The van der Waals surface area contributed by atoms with Crippen LogP contribution in [0, 0.1) is 6.92 Å². The number of rotatable bonds is 5. The highest BCUT2D eigenvalue weighted by atomic mass is 32.1. The summed E-state index contributed by atoms with van der Waals surface area (Å²) in [6, 6.07) is 13.9. The van der Waals surface area contributed by atoms with Crippen LogP contribution < -0.4 is 4.74 Å². The Morgan fingerprint density at radius 3 is 2.94 bits per heavy atom. The molecule has 0 bridgehead atoms. The van der Waals surface area contributed by atoms with Gasteiger partial charge in [-0.1, -0.05) is 30.3 Å². The molecule has 5 rings (SSSR count). The standard InChI is InChI=1S/C25H25NO4S/c1-16-18-5-2-3-8-23(18)31-24(16)13-25(28)26-11-12-29-17(14-26)15-30-22-7-4-6-19-20(22)9-10-21(19)27/h2-8,17H,9-15H2,1H3. The maximum absolute atomic E-state index is 13.0. The number of carbonyl (C=O) groups is 2. The summed E-state index contributed by atoms with van der Waals surface area (Å²) in [4.78, 5) is 28.0. The van der Waals surface area contributed by atoms with Crippen molar-refractivity contribution in [2.75, 3.05) is 26.3 Å². The van der Waals surface area contributed by atoms with Crippen molar-refractivity contribution < 1.29 is 19.1 Å². The van der Waals surface area contributed by atoms with E-state index in [4.69, 9.17) is 9.47 Å². The number of nitrogens with zero attached hydrogens (tertiary/aromatic N) is 1. The van der Waals surface area contributed by atoms with E-state index < -0.39 is 0 Å². The van der Waals surface area contributed by atoms with Gasteiger partial charge in [0.15, 0.2) is 5.78 Å². The first kappa shape index (κ1) is 20.2.